The molecular weight excluding hydrogens is 298 g/mol. The molecule has 2 atom stereocenters. The van der Waals surface area contributed by atoms with Gasteiger partial charge in [-0.3, -0.25) is 4.79 Å². The van der Waals surface area contributed by atoms with E-state index in [2.05, 4.69) is 21.2 Å². The number of hydrogen-bond acceptors (Lipinski definition) is 4. The number of amides is 1. The minimum Gasteiger partial charge on any atom is -0.480 e. The maximum atomic E-state index is 11.6. The van der Waals surface area contributed by atoms with Gasteiger partial charge in [-0.15, -0.1) is 11.3 Å². The lowest BCUT2D eigenvalue weighted by Crippen LogP contribution is -2.47. The second-order valence-electron chi connectivity index (χ2n) is 3.13. The molecule has 0 aliphatic heterocycles. The van der Waals surface area contributed by atoms with Crippen LogP contribution in [-0.4, -0.2) is 34.2 Å². The highest BCUT2D eigenvalue weighted by Crippen LogP contribution is 2.22. The molecule has 0 bridgehead atoms. The molecule has 5 nitrogen and oxygen atoms in total. The Hall–Kier alpha value is -0.920. The predicted molar refractivity (Wildman–Crippen MR) is 62.6 cm³/mol. The molecule has 0 fully saturated rings. The molecule has 0 saturated heterocycles. The summed E-state index contributed by atoms with van der Waals surface area (Å²) in [5.41, 5.74) is 0. The van der Waals surface area contributed by atoms with Crippen molar-refractivity contribution in [2.45, 2.75) is 19.1 Å². The minimum absolute atomic E-state index is 0.381. The average Bonchev–Trinajstić information content (AvgIpc) is 2.59. The van der Waals surface area contributed by atoms with E-state index in [1.54, 1.807) is 11.4 Å². The second-order valence-corrected chi connectivity index (χ2v) is 4.90. The van der Waals surface area contributed by atoms with Crippen LogP contribution in [0.15, 0.2) is 15.9 Å². The number of aliphatic hydroxyl groups is 1. The number of carboxylic acid groups (broad SMARTS) is 1. The third-order valence-corrected chi connectivity index (χ3v) is 3.69. The predicted octanol–water partition coefficient (Wildman–Crippen LogP) is 1.07. The summed E-state index contributed by atoms with van der Waals surface area (Å²) in [6, 6.07) is 0.388. The van der Waals surface area contributed by atoms with Crippen LogP contribution in [0.3, 0.4) is 0 Å². The summed E-state index contributed by atoms with van der Waals surface area (Å²) in [5.74, 6) is -1.79. The second kappa shape index (κ2) is 5.42. The van der Waals surface area contributed by atoms with E-state index in [0.717, 1.165) is 0 Å². The first kappa shape index (κ1) is 13.1. The Bertz CT molecular complexity index is 404. The van der Waals surface area contributed by atoms with Crippen molar-refractivity contribution in [3.8, 4) is 0 Å². The standard InChI is InChI=1S/C9H10BrNO4S/c1-4(12)6(9(14)15)11-8(13)7-5(10)2-3-16-7/h2-4,6,12H,1H3,(H,11,13)(H,14,15)/t4-,6+/m1/s1. The Balaban J connectivity index is 2.77. The minimum atomic E-state index is -1.30. The zero-order valence-electron chi connectivity index (χ0n) is 8.31. The monoisotopic (exact) mass is 307 g/mol. The normalized spacial score (nSPS) is 14.2. The molecule has 1 heterocycles. The van der Waals surface area contributed by atoms with Gasteiger partial charge in [-0.1, -0.05) is 0 Å². The fraction of sp³-hybridized carbons (Fsp3) is 0.333. The van der Waals surface area contributed by atoms with E-state index < -0.39 is 24.0 Å². The molecule has 1 amide bonds. The van der Waals surface area contributed by atoms with Gasteiger partial charge in [0.2, 0.25) is 0 Å². The van der Waals surface area contributed by atoms with Crippen LogP contribution in [0.5, 0.6) is 0 Å². The molecule has 0 aliphatic rings. The highest BCUT2D eigenvalue weighted by Gasteiger charge is 2.26. The van der Waals surface area contributed by atoms with Gasteiger partial charge in [0.1, 0.15) is 4.88 Å². The molecule has 1 aromatic rings. The van der Waals surface area contributed by atoms with Gasteiger partial charge in [0.05, 0.1) is 6.10 Å². The van der Waals surface area contributed by atoms with Crippen molar-refractivity contribution in [1.82, 2.24) is 5.32 Å². The summed E-state index contributed by atoms with van der Waals surface area (Å²) in [4.78, 5) is 22.8. The molecule has 0 saturated carbocycles. The van der Waals surface area contributed by atoms with Crippen LogP contribution in [0.1, 0.15) is 16.6 Å². The van der Waals surface area contributed by atoms with Crippen molar-refractivity contribution in [2.24, 2.45) is 0 Å². The lowest BCUT2D eigenvalue weighted by molar-refractivity contribution is -0.141. The van der Waals surface area contributed by atoms with Crippen LogP contribution < -0.4 is 5.32 Å². The maximum Gasteiger partial charge on any atom is 0.328 e. The third-order valence-electron chi connectivity index (χ3n) is 1.86. The SMILES string of the molecule is C[C@@H](O)[C@H](NC(=O)c1sccc1Br)C(=O)O. The van der Waals surface area contributed by atoms with Gasteiger partial charge in [-0.25, -0.2) is 4.79 Å². The highest BCUT2D eigenvalue weighted by molar-refractivity contribution is 9.10. The Morgan fingerprint density at radius 3 is 2.56 bits per heavy atom. The van der Waals surface area contributed by atoms with E-state index in [9.17, 15) is 14.7 Å². The van der Waals surface area contributed by atoms with Gasteiger partial charge in [-0.05, 0) is 34.3 Å². The van der Waals surface area contributed by atoms with E-state index in [0.29, 0.717) is 9.35 Å². The molecule has 16 heavy (non-hydrogen) atoms. The smallest absolute Gasteiger partial charge is 0.328 e. The van der Waals surface area contributed by atoms with Crippen LogP contribution in [0.4, 0.5) is 0 Å². The molecular formula is C9H10BrNO4S. The first-order valence-corrected chi connectivity index (χ1v) is 6.05. The molecule has 0 unspecified atom stereocenters. The lowest BCUT2D eigenvalue weighted by Gasteiger charge is -2.16. The van der Waals surface area contributed by atoms with Crippen LogP contribution >= 0.6 is 27.3 Å². The molecule has 1 aromatic heterocycles. The molecule has 0 aromatic carbocycles. The maximum absolute atomic E-state index is 11.6. The van der Waals surface area contributed by atoms with Crippen molar-refractivity contribution in [3.05, 3.63) is 20.8 Å². The third kappa shape index (κ3) is 3.03. The van der Waals surface area contributed by atoms with E-state index in [-0.39, 0.29) is 0 Å². The van der Waals surface area contributed by atoms with Crippen molar-refractivity contribution in [1.29, 1.82) is 0 Å². The summed E-state index contributed by atoms with van der Waals surface area (Å²) >= 11 is 4.36. The average molecular weight is 308 g/mol. The Morgan fingerprint density at radius 1 is 1.56 bits per heavy atom. The number of halogens is 1. The van der Waals surface area contributed by atoms with E-state index in [1.165, 1.54) is 18.3 Å². The quantitative estimate of drug-likeness (QED) is 0.777. The van der Waals surface area contributed by atoms with Crippen molar-refractivity contribution in [3.63, 3.8) is 0 Å². The summed E-state index contributed by atoms with van der Waals surface area (Å²) < 4.78 is 0.602. The molecule has 88 valence electrons. The number of carbonyl (C=O) groups excluding carboxylic acids is 1. The van der Waals surface area contributed by atoms with Crippen LogP contribution in [0, 0.1) is 0 Å². The van der Waals surface area contributed by atoms with Crippen LogP contribution in [0.2, 0.25) is 0 Å². The number of thiophene rings is 1. The number of aliphatic carboxylic acids is 1. The first-order chi connectivity index (χ1) is 7.43. The van der Waals surface area contributed by atoms with E-state index in [4.69, 9.17) is 5.11 Å². The molecule has 7 heteroatoms. The van der Waals surface area contributed by atoms with Crippen molar-refractivity contribution >= 4 is 39.1 Å². The Labute approximate surface area is 104 Å². The highest BCUT2D eigenvalue weighted by atomic mass is 79.9. The van der Waals surface area contributed by atoms with Gasteiger partial charge in [0.15, 0.2) is 6.04 Å². The fourth-order valence-electron chi connectivity index (χ4n) is 1.05. The molecule has 3 N–H and O–H groups in total. The number of carboxylic acids is 1. The van der Waals surface area contributed by atoms with Gasteiger partial charge in [0, 0.05) is 4.47 Å². The van der Waals surface area contributed by atoms with Gasteiger partial charge in [0.25, 0.3) is 5.91 Å². The molecule has 0 radical (unpaired) electrons. The van der Waals surface area contributed by atoms with E-state index in [1.807, 2.05) is 0 Å². The summed E-state index contributed by atoms with van der Waals surface area (Å²) in [6.45, 7) is 1.31. The summed E-state index contributed by atoms with van der Waals surface area (Å²) in [7, 11) is 0. The fourth-order valence-corrected chi connectivity index (χ4v) is 2.51. The number of hydrogen-bond donors (Lipinski definition) is 3. The zero-order valence-corrected chi connectivity index (χ0v) is 10.7. The van der Waals surface area contributed by atoms with Crippen LogP contribution in [0.25, 0.3) is 0 Å². The van der Waals surface area contributed by atoms with Gasteiger partial charge < -0.3 is 15.5 Å². The Kier molecular flexibility index (Phi) is 4.45. The van der Waals surface area contributed by atoms with E-state index >= 15 is 0 Å². The summed E-state index contributed by atoms with van der Waals surface area (Å²) in [5, 5.41) is 21.9. The van der Waals surface area contributed by atoms with Gasteiger partial charge in [-0.2, -0.15) is 0 Å². The number of rotatable bonds is 4. The topological polar surface area (TPSA) is 86.6 Å². The summed E-state index contributed by atoms with van der Waals surface area (Å²) in [6.07, 6.45) is -1.15. The largest absolute Gasteiger partial charge is 0.480 e. The first-order valence-electron chi connectivity index (χ1n) is 4.38. The van der Waals surface area contributed by atoms with Crippen molar-refractivity contribution in [2.75, 3.05) is 0 Å². The zero-order chi connectivity index (χ0) is 12.3. The number of nitrogens with one attached hydrogen (secondary N) is 1. The van der Waals surface area contributed by atoms with Crippen molar-refractivity contribution < 1.29 is 19.8 Å². The number of aliphatic hydroxyl groups excluding tert-OH is 1. The van der Waals surface area contributed by atoms with Gasteiger partial charge >= 0.3 is 5.97 Å². The molecule has 0 aliphatic carbocycles. The van der Waals surface area contributed by atoms with Crippen LogP contribution in [-0.2, 0) is 4.79 Å². The lowest BCUT2D eigenvalue weighted by atomic mass is 10.2. The Morgan fingerprint density at radius 2 is 2.19 bits per heavy atom. The molecule has 1 rings (SSSR count). The molecule has 0 spiro atoms. The number of carbonyl (C=O) groups is 2.